The monoisotopic (exact) mass is 469 g/mol. The molecule has 3 heteroatoms. The summed E-state index contributed by atoms with van der Waals surface area (Å²) >= 11 is 0. The fourth-order valence-electron chi connectivity index (χ4n) is 5.21. The molecule has 1 aliphatic carbocycles. The number of hydrogen-bond donors (Lipinski definition) is 0. The molecule has 0 amide bonds. The van der Waals surface area contributed by atoms with Crippen LogP contribution in [0.15, 0.2) is 72.8 Å². The molecule has 3 nitrogen and oxygen atoms in total. The van der Waals surface area contributed by atoms with Crippen LogP contribution in [0.1, 0.15) is 56.4 Å². The maximum absolute atomic E-state index is 6.08. The van der Waals surface area contributed by atoms with E-state index >= 15 is 0 Å². The number of rotatable bonds is 10. The van der Waals surface area contributed by atoms with Gasteiger partial charge in [-0.1, -0.05) is 48.5 Å². The molecule has 0 heterocycles. The molecule has 0 bridgehead atoms. The summed E-state index contributed by atoms with van der Waals surface area (Å²) in [6.45, 7) is 10.6. The maximum atomic E-state index is 6.08. The molecule has 0 saturated carbocycles. The standard InChI is InChI=1S/C32H39NO2/c1-23(2)33(24(3)4)20-21-35-29-15-10-25(11-16-29)22-32-30-9-7-6-8-26(30)14-19-31(32)27-12-17-28(34-5)18-13-27/h6-13,15-18,23-24H,14,19-22H2,1-5H3. The van der Waals surface area contributed by atoms with Crippen LogP contribution < -0.4 is 9.47 Å². The number of aryl methyl sites for hydroxylation is 1. The first-order chi connectivity index (χ1) is 17.0. The largest absolute Gasteiger partial charge is 0.497 e. The van der Waals surface area contributed by atoms with E-state index in [0.717, 1.165) is 37.3 Å². The first-order valence-corrected chi connectivity index (χ1v) is 12.9. The number of allylic oxidation sites excluding steroid dienone is 2. The van der Waals surface area contributed by atoms with Crippen molar-refractivity contribution in [1.29, 1.82) is 0 Å². The van der Waals surface area contributed by atoms with Crippen LogP contribution in [0.5, 0.6) is 11.5 Å². The highest BCUT2D eigenvalue weighted by Gasteiger charge is 2.20. The molecular weight excluding hydrogens is 430 g/mol. The summed E-state index contributed by atoms with van der Waals surface area (Å²) in [5.74, 6) is 1.84. The van der Waals surface area contributed by atoms with Crippen molar-refractivity contribution in [2.45, 2.75) is 59.0 Å². The van der Waals surface area contributed by atoms with E-state index in [9.17, 15) is 0 Å². The number of benzene rings is 3. The molecule has 0 aromatic heterocycles. The van der Waals surface area contributed by atoms with Crippen LogP contribution in [-0.4, -0.2) is 37.2 Å². The minimum atomic E-state index is 0.521. The van der Waals surface area contributed by atoms with Crippen LogP contribution >= 0.6 is 0 Å². The minimum absolute atomic E-state index is 0.521. The third-order valence-electron chi connectivity index (χ3n) is 7.04. The van der Waals surface area contributed by atoms with Gasteiger partial charge in [-0.3, -0.25) is 4.90 Å². The van der Waals surface area contributed by atoms with Crippen LogP contribution in [0.2, 0.25) is 0 Å². The molecule has 0 fully saturated rings. The van der Waals surface area contributed by atoms with Gasteiger partial charge in [0.2, 0.25) is 0 Å². The summed E-state index contributed by atoms with van der Waals surface area (Å²) in [4.78, 5) is 2.46. The van der Waals surface area contributed by atoms with Crippen molar-refractivity contribution in [2.24, 2.45) is 0 Å². The lowest BCUT2D eigenvalue weighted by Crippen LogP contribution is -2.39. The highest BCUT2D eigenvalue weighted by atomic mass is 16.5. The van der Waals surface area contributed by atoms with Gasteiger partial charge in [-0.05, 0) is 105 Å². The van der Waals surface area contributed by atoms with Gasteiger partial charge in [-0.15, -0.1) is 0 Å². The number of nitrogens with zero attached hydrogens (tertiary/aromatic N) is 1. The number of ether oxygens (including phenoxy) is 2. The molecule has 35 heavy (non-hydrogen) atoms. The van der Waals surface area contributed by atoms with Crippen LogP contribution in [0, 0.1) is 0 Å². The Kier molecular flexibility index (Phi) is 8.30. The van der Waals surface area contributed by atoms with E-state index in [1.165, 1.54) is 33.4 Å². The molecule has 0 spiro atoms. The Labute approximate surface area is 211 Å². The second-order valence-corrected chi connectivity index (χ2v) is 9.94. The van der Waals surface area contributed by atoms with E-state index in [-0.39, 0.29) is 0 Å². The number of methoxy groups -OCH3 is 1. The predicted molar refractivity (Wildman–Crippen MR) is 147 cm³/mol. The molecular formula is C32H39NO2. The lowest BCUT2D eigenvalue weighted by molar-refractivity contribution is 0.142. The summed E-state index contributed by atoms with van der Waals surface area (Å²) in [5, 5.41) is 0. The molecule has 184 valence electrons. The van der Waals surface area contributed by atoms with Crippen LogP contribution in [0.4, 0.5) is 0 Å². The van der Waals surface area contributed by atoms with Crippen molar-refractivity contribution in [2.75, 3.05) is 20.3 Å². The second-order valence-electron chi connectivity index (χ2n) is 9.94. The fraction of sp³-hybridized carbons (Fsp3) is 0.375. The summed E-state index contributed by atoms with van der Waals surface area (Å²) < 4.78 is 11.5. The third kappa shape index (κ3) is 6.15. The molecule has 0 aliphatic heterocycles. The first kappa shape index (κ1) is 25.1. The topological polar surface area (TPSA) is 21.7 Å². The summed E-state index contributed by atoms with van der Waals surface area (Å²) in [6, 6.07) is 27.1. The highest BCUT2D eigenvalue weighted by Crippen LogP contribution is 2.39. The van der Waals surface area contributed by atoms with E-state index in [0.29, 0.717) is 18.7 Å². The Hall–Kier alpha value is -3.04. The maximum Gasteiger partial charge on any atom is 0.119 e. The van der Waals surface area contributed by atoms with Crippen LogP contribution in [0.3, 0.4) is 0 Å². The Bertz CT molecular complexity index is 1120. The Morgan fingerprint density at radius 1 is 0.771 bits per heavy atom. The SMILES string of the molecule is COc1ccc(C2=C(Cc3ccc(OCCN(C(C)C)C(C)C)cc3)c3ccccc3CC2)cc1. The van der Waals surface area contributed by atoms with E-state index in [4.69, 9.17) is 9.47 Å². The lowest BCUT2D eigenvalue weighted by atomic mass is 9.80. The summed E-state index contributed by atoms with van der Waals surface area (Å²) in [5.41, 5.74) is 8.28. The van der Waals surface area contributed by atoms with Crippen LogP contribution in [-0.2, 0) is 12.8 Å². The molecule has 3 aromatic carbocycles. The van der Waals surface area contributed by atoms with Gasteiger partial charge in [0.1, 0.15) is 18.1 Å². The van der Waals surface area contributed by atoms with Crippen molar-refractivity contribution in [3.8, 4) is 11.5 Å². The molecule has 0 atom stereocenters. The molecule has 4 rings (SSSR count). The molecule has 0 N–H and O–H groups in total. The Morgan fingerprint density at radius 2 is 1.43 bits per heavy atom. The zero-order chi connectivity index (χ0) is 24.8. The zero-order valence-electron chi connectivity index (χ0n) is 21.9. The van der Waals surface area contributed by atoms with E-state index in [1.54, 1.807) is 7.11 Å². The zero-order valence-corrected chi connectivity index (χ0v) is 21.9. The first-order valence-electron chi connectivity index (χ1n) is 12.9. The average molecular weight is 470 g/mol. The third-order valence-corrected chi connectivity index (χ3v) is 7.04. The van der Waals surface area contributed by atoms with Crippen LogP contribution in [0.25, 0.3) is 11.1 Å². The predicted octanol–water partition coefficient (Wildman–Crippen LogP) is 7.29. The highest BCUT2D eigenvalue weighted by molar-refractivity contribution is 5.94. The van der Waals surface area contributed by atoms with E-state index in [1.807, 2.05) is 0 Å². The van der Waals surface area contributed by atoms with E-state index in [2.05, 4.69) is 105 Å². The fourth-order valence-corrected chi connectivity index (χ4v) is 5.21. The number of fused-ring (bicyclic) bond motifs is 1. The van der Waals surface area contributed by atoms with Crippen molar-refractivity contribution < 1.29 is 9.47 Å². The minimum Gasteiger partial charge on any atom is -0.497 e. The Balaban J connectivity index is 1.52. The van der Waals surface area contributed by atoms with Crippen molar-refractivity contribution >= 4 is 11.1 Å². The van der Waals surface area contributed by atoms with E-state index < -0.39 is 0 Å². The molecule has 0 saturated heterocycles. The average Bonchev–Trinajstić information content (AvgIpc) is 2.87. The summed E-state index contributed by atoms with van der Waals surface area (Å²) in [7, 11) is 1.72. The van der Waals surface area contributed by atoms with Gasteiger partial charge in [-0.2, -0.15) is 0 Å². The van der Waals surface area contributed by atoms with Gasteiger partial charge < -0.3 is 9.47 Å². The van der Waals surface area contributed by atoms with Gasteiger partial charge in [0.25, 0.3) is 0 Å². The van der Waals surface area contributed by atoms with Gasteiger partial charge >= 0.3 is 0 Å². The second kappa shape index (κ2) is 11.6. The Morgan fingerprint density at radius 3 is 2.09 bits per heavy atom. The molecule has 0 radical (unpaired) electrons. The van der Waals surface area contributed by atoms with Gasteiger partial charge in [0.15, 0.2) is 0 Å². The van der Waals surface area contributed by atoms with Crippen molar-refractivity contribution in [3.63, 3.8) is 0 Å². The molecule has 1 aliphatic rings. The van der Waals surface area contributed by atoms with Gasteiger partial charge in [0.05, 0.1) is 7.11 Å². The molecule has 0 unspecified atom stereocenters. The van der Waals surface area contributed by atoms with Crippen molar-refractivity contribution in [1.82, 2.24) is 4.90 Å². The number of hydrogen-bond acceptors (Lipinski definition) is 3. The molecule has 3 aromatic rings. The smallest absolute Gasteiger partial charge is 0.119 e. The lowest BCUT2D eigenvalue weighted by Gasteiger charge is -2.30. The van der Waals surface area contributed by atoms with Gasteiger partial charge in [-0.25, -0.2) is 0 Å². The van der Waals surface area contributed by atoms with Gasteiger partial charge in [0, 0.05) is 18.6 Å². The summed E-state index contributed by atoms with van der Waals surface area (Å²) in [6.07, 6.45) is 3.05. The van der Waals surface area contributed by atoms with Crippen molar-refractivity contribution in [3.05, 3.63) is 95.1 Å². The quantitative estimate of drug-likeness (QED) is 0.311. The normalized spacial score (nSPS) is 13.5.